The fourth-order valence-electron chi connectivity index (χ4n) is 7.82. The third-order valence-electron chi connectivity index (χ3n) is 11.4. The molecule has 3 amide bonds. The molecule has 13 heteroatoms. The fourth-order valence-corrected chi connectivity index (χ4v) is 7.82. The first-order valence-electron chi connectivity index (χ1n) is 20.8. The number of carbonyl (C=O) groups excluding carboxylic acids is 3. The average molecular weight is 837 g/mol. The van der Waals surface area contributed by atoms with Crippen LogP contribution in [0.3, 0.4) is 0 Å². The van der Waals surface area contributed by atoms with Crippen molar-refractivity contribution in [2.24, 2.45) is 0 Å². The number of nitrogens with zero attached hydrogens (tertiary/aromatic N) is 2. The molecule has 1 saturated heterocycles. The van der Waals surface area contributed by atoms with Gasteiger partial charge in [0.25, 0.3) is 5.91 Å². The number of carbonyl (C=O) groups is 3. The highest BCUT2D eigenvalue weighted by Gasteiger charge is 2.24. The summed E-state index contributed by atoms with van der Waals surface area (Å²) in [5, 5.41) is 31.0. The van der Waals surface area contributed by atoms with Gasteiger partial charge in [-0.05, 0) is 97.0 Å². The van der Waals surface area contributed by atoms with Crippen LogP contribution in [0.25, 0.3) is 22.0 Å². The molecule has 0 bridgehead atoms. The summed E-state index contributed by atoms with van der Waals surface area (Å²) in [6.45, 7) is 6.53. The molecule has 0 spiro atoms. The maximum Gasteiger partial charge on any atom is 0.411 e. The number of nitrogens with one attached hydrogen (secondary N) is 4. The summed E-state index contributed by atoms with van der Waals surface area (Å²) >= 11 is 0. The van der Waals surface area contributed by atoms with E-state index in [1.165, 1.54) is 12.1 Å². The van der Waals surface area contributed by atoms with Crippen LogP contribution in [-0.4, -0.2) is 77.3 Å². The number of rotatable bonds is 14. The monoisotopic (exact) mass is 836 g/mol. The molecule has 1 aromatic heterocycles. The number of amides is 3. The summed E-state index contributed by atoms with van der Waals surface area (Å²) in [5.41, 5.74) is 7.63. The number of fused-ring (bicyclic) bond motifs is 1. The molecule has 1 atom stereocenters. The number of hydrogen-bond donors (Lipinski definition) is 6. The van der Waals surface area contributed by atoms with E-state index in [4.69, 9.17) is 4.74 Å². The van der Waals surface area contributed by atoms with Gasteiger partial charge in [-0.25, -0.2) is 4.79 Å². The Labute approximate surface area is 360 Å². The number of aryl methyl sites for hydroxylation is 2. The maximum atomic E-state index is 13.5. The van der Waals surface area contributed by atoms with Crippen LogP contribution in [0, 0.1) is 13.8 Å². The molecule has 62 heavy (non-hydrogen) atoms. The van der Waals surface area contributed by atoms with Crippen LogP contribution in [0.2, 0.25) is 0 Å². The number of phenols is 1. The lowest BCUT2D eigenvalue weighted by Crippen LogP contribution is -2.40. The molecule has 6 aromatic rings. The molecule has 1 aliphatic heterocycles. The zero-order valence-corrected chi connectivity index (χ0v) is 35.1. The number of ether oxygens (including phenoxy) is 1. The van der Waals surface area contributed by atoms with Gasteiger partial charge in [-0.1, -0.05) is 66.7 Å². The van der Waals surface area contributed by atoms with Gasteiger partial charge in [0.1, 0.15) is 11.9 Å². The van der Waals surface area contributed by atoms with Crippen LogP contribution in [0.1, 0.15) is 58.0 Å². The molecular weight excluding hydrogens is 785 g/mol. The van der Waals surface area contributed by atoms with Crippen molar-refractivity contribution in [3.63, 3.8) is 0 Å². The van der Waals surface area contributed by atoms with E-state index < -0.39 is 12.2 Å². The lowest BCUT2D eigenvalue weighted by Gasteiger charge is -2.31. The van der Waals surface area contributed by atoms with Crippen LogP contribution in [0.5, 0.6) is 5.75 Å². The van der Waals surface area contributed by atoms with E-state index in [1.807, 2.05) is 80.6 Å². The average Bonchev–Trinajstić information content (AvgIpc) is 3.28. The molecule has 0 radical (unpaired) electrons. The number of aromatic amines is 1. The quantitative estimate of drug-likeness (QED) is 0.0644. The first kappa shape index (κ1) is 43.3. The van der Waals surface area contributed by atoms with Gasteiger partial charge in [0.05, 0.1) is 17.3 Å². The van der Waals surface area contributed by atoms with Gasteiger partial charge in [-0.2, -0.15) is 0 Å². The van der Waals surface area contributed by atoms with Crippen LogP contribution in [0.4, 0.5) is 21.9 Å². The first-order valence-corrected chi connectivity index (χ1v) is 20.8. The molecule has 320 valence electrons. The third-order valence-corrected chi connectivity index (χ3v) is 11.4. The molecule has 7 rings (SSSR count). The number of aliphatic hydroxyl groups excluding tert-OH is 1. The van der Waals surface area contributed by atoms with Crippen molar-refractivity contribution in [3.05, 3.63) is 153 Å². The number of hydrogen-bond acceptors (Lipinski definition) is 9. The lowest BCUT2D eigenvalue weighted by molar-refractivity contribution is -0.118. The van der Waals surface area contributed by atoms with Crippen LogP contribution >= 0.6 is 0 Å². The summed E-state index contributed by atoms with van der Waals surface area (Å²) in [5.74, 6) is -0.441. The molecule has 1 fully saturated rings. The Morgan fingerprint density at radius 1 is 0.855 bits per heavy atom. The number of piperidine rings is 1. The second-order valence-corrected chi connectivity index (χ2v) is 15.7. The molecule has 0 aliphatic carbocycles. The standard InChI is InChI=1S/C49H52N6O7/c1-31-27-42(32(2)26-35(31)29-50-30-44(57)39-16-18-43(56)47-40(39)17-19-45(58)53-47)51-48(60)34-12-9-13-36(28-34)54(3)46(59)22-25-55-23-20-37(21-24-55)62-49(61)52-41-15-8-7-14-38(41)33-10-5-4-6-11-33/h4-19,26-28,37,44,50,56-57H,20-25,29-30H2,1-3H3,(H,51,60)(H,52,61)(H,53,58)/t44-/m0/s1. The predicted octanol–water partition coefficient (Wildman–Crippen LogP) is 7.66. The van der Waals surface area contributed by atoms with Crippen molar-refractivity contribution in [2.75, 3.05) is 48.8 Å². The fraction of sp³-hybridized carbons (Fsp3) is 0.265. The Balaban J connectivity index is 0.859. The lowest BCUT2D eigenvalue weighted by atomic mass is 10.0. The van der Waals surface area contributed by atoms with Gasteiger partial charge in [0, 0.05) is 80.1 Å². The van der Waals surface area contributed by atoms with E-state index in [0.717, 1.165) is 27.8 Å². The number of anilines is 3. The molecule has 2 heterocycles. The van der Waals surface area contributed by atoms with Crippen molar-refractivity contribution in [1.82, 2.24) is 15.2 Å². The highest BCUT2D eigenvalue weighted by atomic mass is 16.6. The Hall–Kier alpha value is -6.80. The van der Waals surface area contributed by atoms with E-state index in [2.05, 4.69) is 25.8 Å². The van der Waals surface area contributed by atoms with Gasteiger partial charge < -0.3 is 40.4 Å². The number of aromatic hydroxyl groups is 1. The minimum Gasteiger partial charge on any atom is -0.506 e. The minimum absolute atomic E-state index is 0.0655. The van der Waals surface area contributed by atoms with Crippen molar-refractivity contribution in [3.8, 4) is 16.9 Å². The van der Waals surface area contributed by atoms with Gasteiger partial charge in [-0.15, -0.1) is 0 Å². The number of likely N-dealkylation sites (tertiary alicyclic amines) is 1. The van der Waals surface area contributed by atoms with Crippen molar-refractivity contribution in [2.45, 2.75) is 51.9 Å². The van der Waals surface area contributed by atoms with Gasteiger partial charge in [-0.3, -0.25) is 19.7 Å². The van der Waals surface area contributed by atoms with Crippen molar-refractivity contribution < 1.29 is 29.3 Å². The van der Waals surface area contributed by atoms with E-state index in [-0.39, 0.29) is 41.3 Å². The van der Waals surface area contributed by atoms with Gasteiger partial charge >= 0.3 is 6.09 Å². The molecule has 1 aliphatic rings. The van der Waals surface area contributed by atoms with Gasteiger partial charge in [0.2, 0.25) is 11.5 Å². The Kier molecular flexibility index (Phi) is 13.8. The van der Waals surface area contributed by atoms with E-state index in [9.17, 15) is 29.4 Å². The van der Waals surface area contributed by atoms with Crippen molar-refractivity contribution in [1.29, 1.82) is 0 Å². The van der Waals surface area contributed by atoms with Crippen molar-refractivity contribution >= 4 is 45.9 Å². The number of aromatic nitrogens is 1. The van der Waals surface area contributed by atoms with E-state index in [0.29, 0.717) is 79.0 Å². The maximum absolute atomic E-state index is 13.5. The zero-order chi connectivity index (χ0) is 43.8. The second-order valence-electron chi connectivity index (χ2n) is 15.7. The molecule has 0 saturated carbocycles. The number of phenolic OH excluding ortho intramolecular Hbond substituents is 1. The Bertz CT molecular complexity index is 2620. The molecule has 5 aromatic carbocycles. The molecule has 0 unspecified atom stereocenters. The second kappa shape index (κ2) is 19.7. The highest BCUT2D eigenvalue weighted by Crippen LogP contribution is 2.30. The van der Waals surface area contributed by atoms with Crippen LogP contribution in [-0.2, 0) is 16.1 Å². The zero-order valence-electron chi connectivity index (χ0n) is 35.1. The van der Waals surface area contributed by atoms with Crippen LogP contribution in [0.15, 0.2) is 120 Å². The molecule has 6 N–H and O–H groups in total. The minimum atomic E-state index is -0.893. The summed E-state index contributed by atoms with van der Waals surface area (Å²) in [4.78, 5) is 57.8. The largest absolute Gasteiger partial charge is 0.506 e. The summed E-state index contributed by atoms with van der Waals surface area (Å²) < 4.78 is 5.78. The van der Waals surface area contributed by atoms with E-state index in [1.54, 1.807) is 48.3 Å². The normalized spacial score (nSPS) is 13.7. The number of pyridine rings is 1. The smallest absolute Gasteiger partial charge is 0.411 e. The number of para-hydroxylation sites is 1. The van der Waals surface area contributed by atoms with Gasteiger partial charge in [0.15, 0.2) is 0 Å². The number of H-pyrrole nitrogens is 1. The Morgan fingerprint density at radius 2 is 1.61 bits per heavy atom. The van der Waals surface area contributed by atoms with E-state index >= 15 is 0 Å². The predicted molar refractivity (Wildman–Crippen MR) is 243 cm³/mol. The number of benzene rings is 5. The highest BCUT2D eigenvalue weighted by molar-refractivity contribution is 6.06. The SMILES string of the molecule is Cc1cc(NC(=O)c2cccc(N(C)C(=O)CCN3CCC(OC(=O)Nc4ccccc4-c4ccccc4)CC3)c2)c(C)cc1CNC[C@H](O)c1ccc(O)c2[nH]c(=O)ccc12. The summed E-state index contributed by atoms with van der Waals surface area (Å²) in [7, 11) is 1.71. The topological polar surface area (TPSA) is 176 Å². The molecular formula is C49H52N6O7. The summed E-state index contributed by atoms with van der Waals surface area (Å²) in [6, 6.07) is 34.5. The van der Waals surface area contributed by atoms with Crippen LogP contribution < -0.4 is 26.4 Å². The Morgan fingerprint density at radius 3 is 2.40 bits per heavy atom. The molecule has 13 nitrogen and oxygen atoms in total. The number of aliphatic hydroxyl groups is 1. The summed E-state index contributed by atoms with van der Waals surface area (Å²) in [6.07, 6.45) is 0.0438. The third kappa shape index (κ3) is 10.6. The first-order chi connectivity index (χ1) is 29.9.